The Bertz CT molecular complexity index is 2170. The first-order valence-corrected chi connectivity index (χ1v) is 33.3. The van der Waals surface area contributed by atoms with Crippen LogP contribution in [0.5, 0.6) is 0 Å². The minimum absolute atomic E-state index is 0.0109. The molecule has 0 aromatic carbocycles. The molecule has 496 valence electrons. The van der Waals surface area contributed by atoms with Crippen LogP contribution in [0.25, 0.3) is 0 Å². The largest absolute Gasteiger partial charge is 0.500 e. The number of imide groups is 2. The molecular weight excluding hydrogens is 1230 g/mol. The molecule has 0 fully saturated rings. The fraction of sp³-hybridized carbons (Fsp3) is 0.571. The first kappa shape index (κ1) is 89.8. The van der Waals surface area contributed by atoms with Crippen LogP contribution in [-0.2, 0) is 79.0 Å². The number of carbonyl (C=O) groups excluding carboxylic acids is 10. The standard InChI is InChI=1S/C23H40N2O9SSi.C17H24N2O6S.C7H9NO3.C6H16O3Si.C3H6S/c1-8-32-36(33-9-2,34-10-3)17-11-16-35-23(29)25(13-15-31-21(27)19(6)7)22(28)24-12-14-30-20(26)18(4)5;1-6-11-26-17(23)19(8-10-25-15(21)13(4)5)16(22)18-7-9-24-14(20)12(2)3;1-6(2)7(10)11-4-3-8-5-9;1-4-7-10(8-5-2)9-6-3;1-2-3-4/h4,6,8-17H2,1-3,5,7H3,(H,24,28);6H,1-2,4,7-11H2,3,5H3,(H,18,22);1,3-4H2,2H3;10H,4-6H2,1-3H3;2,4H,1,3H2. The van der Waals surface area contributed by atoms with Gasteiger partial charge < -0.3 is 60.9 Å². The van der Waals surface area contributed by atoms with Crippen LogP contribution in [0.1, 0.15) is 82.6 Å². The summed E-state index contributed by atoms with van der Waals surface area (Å²) in [6.45, 7) is 46.0. The minimum Gasteiger partial charge on any atom is -0.460 e. The fourth-order valence-corrected chi connectivity index (χ4v) is 10.3. The summed E-state index contributed by atoms with van der Waals surface area (Å²) in [5.41, 5.74) is 1.23. The van der Waals surface area contributed by atoms with Crippen molar-refractivity contribution >= 4 is 113 Å². The molecule has 0 radical (unpaired) electrons. The van der Waals surface area contributed by atoms with Crippen LogP contribution in [0, 0.1) is 0 Å². The first-order valence-electron chi connectivity index (χ1n) is 27.4. The van der Waals surface area contributed by atoms with E-state index in [9.17, 15) is 47.9 Å². The molecule has 0 heterocycles. The molecule has 0 saturated heterocycles. The highest BCUT2D eigenvalue weighted by atomic mass is 32.2. The summed E-state index contributed by atoms with van der Waals surface area (Å²) in [5, 5.41) is 3.94. The number of hydrogen-bond acceptors (Lipinski definition) is 25. The normalized spacial score (nSPS) is 9.94. The summed E-state index contributed by atoms with van der Waals surface area (Å²) in [5.74, 6) is -1.34. The van der Waals surface area contributed by atoms with E-state index in [0.29, 0.717) is 69.2 Å². The predicted molar refractivity (Wildman–Crippen MR) is 344 cm³/mol. The Balaban J connectivity index is -0.000000377. The van der Waals surface area contributed by atoms with Gasteiger partial charge in [-0.05, 0) is 82.6 Å². The number of amides is 6. The van der Waals surface area contributed by atoms with Gasteiger partial charge in [0.25, 0.3) is 10.5 Å². The smallest absolute Gasteiger partial charge is 0.460 e. The van der Waals surface area contributed by atoms with Crippen molar-refractivity contribution in [1.29, 1.82) is 0 Å². The van der Waals surface area contributed by atoms with E-state index in [0.717, 1.165) is 39.1 Å². The second-order valence-electron chi connectivity index (χ2n) is 16.5. The van der Waals surface area contributed by atoms with E-state index >= 15 is 0 Å². The number of aliphatic imine (C=N–C) groups is 1. The van der Waals surface area contributed by atoms with Crippen LogP contribution in [0.4, 0.5) is 19.2 Å². The van der Waals surface area contributed by atoms with E-state index in [1.807, 2.05) is 41.5 Å². The highest BCUT2D eigenvalue weighted by Gasteiger charge is 2.40. The van der Waals surface area contributed by atoms with Crippen molar-refractivity contribution in [2.75, 3.05) is 123 Å². The topological polar surface area (TPSA) is 315 Å². The van der Waals surface area contributed by atoms with Crippen LogP contribution >= 0.6 is 36.2 Å². The number of thiol groups is 1. The van der Waals surface area contributed by atoms with Crippen LogP contribution in [0.15, 0.2) is 91.1 Å². The third kappa shape index (κ3) is 52.8. The summed E-state index contributed by atoms with van der Waals surface area (Å²) in [6.07, 6.45) is 5.16. The molecule has 6 amide bonds. The van der Waals surface area contributed by atoms with E-state index < -0.39 is 70.7 Å². The van der Waals surface area contributed by atoms with Gasteiger partial charge in [0.05, 0.1) is 32.7 Å². The molecule has 0 rings (SSSR count). The Morgan fingerprint density at radius 1 is 0.540 bits per heavy atom. The van der Waals surface area contributed by atoms with Gasteiger partial charge in [-0.2, -0.15) is 12.6 Å². The third-order valence-electron chi connectivity index (χ3n) is 8.80. The SMILES string of the molecule is C=C(C)C(=O)OCCN=C=O.C=C(C)C(=O)OCCNC(=O)N(CCOC(=O)C(=C)C)C(=O)SCCC[Si](OCC)(OCC)OCC.C=CCS.C=CCSC(=O)N(CCOC(=O)C(=C)C)C(=O)NCCOC(=O)C(=C)C.CCO[SiH](OCC)OCC. The Kier molecular flexibility index (Phi) is 62.3. The molecule has 0 aliphatic heterocycles. The van der Waals surface area contributed by atoms with Crippen LogP contribution in [0.3, 0.4) is 0 Å². The molecule has 2 N–H and O–H groups in total. The summed E-state index contributed by atoms with van der Waals surface area (Å²) in [7, 11) is -4.56. The molecule has 0 aliphatic carbocycles. The highest BCUT2D eigenvalue weighted by molar-refractivity contribution is 8.13. The van der Waals surface area contributed by atoms with Gasteiger partial charge in [0, 0.05) is 90.8 Å². The maximum absolute atomic E-state index is 12.8. The highest BCUT2D eigenvalue weighted by Crippen LogP contribution is 2.21. The molecule has 26 nitrogen and oxygen atoms in total. The lowest BCUT2D eigenvalue weighted by Gasteiger charge is -2.28. The second-order valence-corrected chi connectivity index (χ2v) is 23.2. The van der Waals surface area contributed by atoms with Crippen molar-refractivity contribution < 1.29 is 98.2 Å². The van der Waals surface area contributed by atoms with E-state index in [1.54, 1.807) is 13.0 Å². The molecule has 0 unspecified atom stereocenters. The Labute approximate surface area is 531 Å². The molecule has 0 bridgehead atoms. The van der Waals surface area contributed by atoms with Gasteiger partial charge in [0.15, 0.2) is 0 Å². The quantitative estimate of drug-likeness (QED) is 0.00601. The molecule has 0 aliphatic rings. The van der Waals surface area contributed by atoms with Crippen molar-refractivity contribution in [3.8, 4) is 0 Å². The number of isocyanates is 1. The Hall–Kier alpha value is -5.97. The number of thioether (sulfide) groups is 2. The van der Waals surface area contributed by atoms with E-state index in [2.05, 4.69) is 79.0 Å². The zero-order valence-electron chi connectivity index (χ0n) is 52.7. The van der Waals surface area contributed by atoms with Gasteiger partial charge in [-0.25, -0.2) is 43.3 Å². The van der Waals surface area contributed by atoms with Crippen molar-refractivity contribution in [2.45, 2.75) is 88.6 Å². The van der Waals surface area contributed by atoms with Gasteiger partial charge >= 0.3 is 60.2 Å². The van der Waals surface area contributed by atoms with E-state index in [4.69, 9.17) is 45.5 Å². The molecular formula is C56H95N5O21S3Si2. The lowest BCUT2D eigenvalue weighted by Crippen LogP contribution is -2.46. The maximum atomic E-state index is 12.8. The maximum Gasteiger partial charge on any atom is 0.500 e. The number of rotatable bonds is 39. The summed E-state index contributed by atoms with van der Waals surface area (Å²) in [6, 6.07) is -0.865. The molecule has 0 aromatic rings. The summed E-state index contributed by atoms with van der Waals surface area (Å²) in [4.78, 5) is 121. The Morgan fingerprint density at radius 2 is 0.874 bits per heavy atom. The molecule has 0 saturated carbocycles. The van der Waals surface area contributed by atoms with Crippen molar-refractivity contribution in [3.05, 3.63) is 86.1 Å². The first-order chi connectivity index (χ1) is 41.2. The number of hydrogen-bond donors (Lipinski definition) is 3. The molecule has 31 heteroatoms. The zero-order valence-corrected chi connectivity index (χ0v) is 57.4. The van der Waals surface area contributed by atoms with Gasteiger partial charge in [-0.1, -0.05) is 68.6 Å². The van der Waals surface area contributed by atoms with Crippen molar-refractivity contribution in [3.63, 3.8) is 0 Å². The number of ether oxygens (including phenoxy) is 5. The zero-order chi connectivity index (χ0) is 67.6. The molecule has 0 spiro atoms. The molecule has 0 atom stereocenters. The second kappa shape index (κ2) is 60.3. The lowest BCUT2D eigenvalue weighted by molar-refractivity contribution is -0.139. The number of nitrogens with one attached hydrogen (secondary N) is 2. The number of urea groups is 2. The summed E-state index contributed by atoms with van der Waals surface area (Å²) < 4.78 is 57.4. The Morgan fingerprint density at radius 3 is 1.17 bits per heavy atom. The summed E-state index contributed by atoms with van der Waals surface area (Å²) >= 11 is 5.63. The van der Waals surface area contributed by atoms with E-state index in [-0.39, 0.29) is 88.1 Å². The van der Waals surface area contributed by atoms with Gasteiger partial charge in [-0.3, -0.25) is 19.4 Å². The van der Waals surface area contributed by atoms with Crippen molar-refractivity contribution in [1.82, 2.24) is 20.4 Å². The molecule has 87 heavy (non-hydrogen) atoms. The van der Waals surface area contributed by atoms with Crippen LogP contribution < -0.4 is 10.6 Å². The lowest BCUT2D eigenvalue weighted by atomic mass is 10.4. The average molecular weight is 1330 g/mol. The minimum atomic E-state index is -2.83. The predicted octanol–water partition coefficient (Wildman–Crippen LogP) is 8.16. The van der Waals surface area contributed by atoms with Gasteiger partial charge in [0.1, 0.15) is 33.0 Å². The number of carbonyl (C=O) groups is 9. The van der Waals surface area contributed by atoms with Gasteiger partial charge in [0.2, 0.25) is 6.08 Å². The van der Waals surface area contributed by atoms with Crippen LogP contribution in [0.2, 0.25) is 6.04 Å². The number of esters is 5. The molecule has 0 aromatic heterocycles. The monoisotopic (exact) mass is 1330 g/mol. The van der Waals surface area contributed by atoms with Crippen LogP contribution in [-0.4, -0.2) is 209 Å². The number of nitrogens with zero attached hydrogens (tertiary/aromatic N) is 3. The van der Waals surface area contributed by atoms with E-state index in [1.165, 1.54) is 39.9 Å². The fourth-order valence-electron chi connectivity index (χ4n) is 4.94. The van der Waals surface area contributed by atoms with Gasteiger partial charge in [-0.15, -0.1) is 13.2 Å². The average Bonchev–Trinajstić information content (AvgIpc) is 3.65. The third-order valence-corrected chi connectivity index (χ3v) is 15.9. The van der Waals surface area contributed by atoms with Crippen molar-refractivity contribution in [2.24, 2.45) is 4.99 Å².